The predicted molar refractivity (Wildman–Crippen MR) is 74.3 cm³/mol. The second-order valence-corrected chi connectivity index (χ2v) is 5.69. The number of hydrogen-bond donors (Lipinski definition) is 1. The van der Waals surface area contributed by atoms with E-state index in [1.54, 1.807) is 0 Å². The molecule has 1 aliphatic carbocycles. The molecule has 0 atom stereocenters. The lowest BCUT2D eigenvalue weighted by Gasteiger charge is -2.33. The van der Waals surface area contributed by atoms with Crippen molar-refractivity contribution < 1.29 is 4.74 Å². The second kappa shape index (κ2) is 7.60. The number of hydrogen-bond acceptors (Lipinski definition) is 2. The highest BCUT2D eigenvalue weighted by atomic mass is 32.1. The Morgan fingerprint density at radius 3 is 2.12 bits per heavy atom. The van der Waals surface area contributed by atoms with Gasteiger partial charge in [-0.1, -0.05) is 39.5 Å². The molecule has 0 radical (unpaired) electrons. The van der Waals surface area contributed by atoms with Crippen LogP contribution in [0.4, 0.5) is 0 Å². The summed E-state index contributed by atoms with van der Waals surface area (Å²) in [5, 5.41) is 0. The van der Waals surface area contributed by atoms with Crippen molar-refractivity contribution in [2.24, 2.45) is 5.41 Å². The van der Waals surface area contributed by atoms with E-state index in [0.717, 1.165) is 12.4 Å². The van der Waals surface area contributed by atoms with Crippen LogP contribution in [0, 0.1) is 5.41 Å². The van der Waals surface area contributed by atoms with Crippen LogP contribution in [0.3, 0.4) is 0 Å². The van der Waals surface area contributed by atoms with Gasteiger partial charge in [0.05, 0.1) is 12.7 Å². The quantitative estimate of drug-likeness (QED) is 0.620. The first-order valence-corrected chi connectivity index (χ1v) is 7.62. The Balaban J connectivity index is 2.40. The van der Waals surface area contributed by atoms with Gasteiger partial charge in [-0.25, -0.2) is 0 Å². The Hall–Kier alpha value is 0.310. The summed E-state index contributed by atoms with van der Waals surface area (Å²) < 4.78 is 6.12. The van der Waals surface area contributed by atoms with Gasteiger partial charge >= 0.3 is 0 Å². The van der Waals surface area contributed by atoms with Gasteiger partial charge in [-0.15, -0.1) is 0 Å². The average molecular weight is 244 g/mol. The van der Waals surface area contributed by atoms with Gasteiger partial charge in [-0.3, -0.25) is 0 Å². The molecular formula is C14H28OS. The summed E-state index contributed by atoms with van der Waals surface area (Å²) in [5.74, 6) is 0.974. The van der Waals surface area contributed by atoms with Crippen LogP contribution in [-0.4, -0.2) is 18.5 Å². The molecule has 1 saturated carbocycles. The second-order valence-electron chi connectivity index (χ2n) is 5.38. The number of thiol groups is 1. The Morgan fingerprint density at radius 2 is 1.69 bits per heavy atom. The summed E-state index contributed by atoms with van der Waals surface area (Å²) >= 11 is 4.57. The zero-order valence-corrected chi connectivity index (χ0v) is 11.9. The Kier molecular flexibility index (Phi) is 6.83. The monoisotopic (exact) mass is 244 g/mol. The maximum absolute atomic E-state index is 6.12. The lowest BCUT2D eigenvalue weighted by molar-refractivity contribution is -0.00496. The third-order valence-electron chi connectivity index (χ3n) is 3.82. The predicted octanol–water partition coefficient (Wildman–Crippen LogP) is 4.46. The molecule has 0 bridgehead atoms. The van der Waals surface area contributed by atoms with Gasteiger partial charge in [0.1, 0.15) is 0 Å². The van der Waals surface area contributed by atoms with Gasteiger partial charge in [0.25, 0.3) is 0 Å². The van der Waals surface area contributed by atoms with Crippen molar-refractivity contribution in [3.05, 3.63) is 0 Å². The van der Waals surface area contributed by atoms with E-state index < -0.39 is 0 Å². The molecule has 0 saturated heterocycles. The molecule has 0 aliphatic heterocycles. The average Bonchev–Trinajstić information content (AvgIpc) is 2.79. The van der Waals surface area contributed by atoms with E-state index in [2.05, 4.69) is 26.5 Å². The van der Waals surface area contributed by atoms with E-state index in [0.29, 0.717) is 11.5 Å². The normalized spacial score (nSPS) is 18.2. The SMILES string of the molecule is CCCC(CS)(CCC)COC1CCCC1. The summed E-state index contributed by atoms with van der Waals surface area (Å²) in [4.78, 5) is 0. The highest BCUT2D eigenvalue weighted by Crippen LogP contribution is 2.33. The molecule has 0 N–H and O–H groups in total. The van der Waals surface area contributed by atoms with Crippen molar-refractivity contribution in [3.8, 4) is 0 Å². The highest BCUT2D eigenvalue weighted by Gasteiger charge is 2.29. The summed E-state index contributed by atoms with van der Waals surface area (Å²) in [7, 11) is 0. The van der Waals surface area contributed by atoms with E-state index >= 15 is 0 Å². The van der Waals surface area contributed by atoms with Crippen molar-refractivity contribution in [1.29, 1.82) is 0 Å². The fourth-order valence-electron chi connectivity index (χ4n) is 2.88. The summed E-state index contributed by atoms with van der Waals surface area (Å²) in [5.41, 5.74) is 0.342. The Bertz CT molecular complexity index is 170. The fourth-order valence-corrected chi connectivity index (χ4v) is 3.29. The van der Waals surface area contributed by atoms with Gasteiger partial charge < -0.3 is 4.74 Å². The topological polar surface area (TPSA) is 9.23 Å². The van der Waals surface area contributed by atoms with Gasteiger partial charge in [-0.05, 0) is 31.4 Å². The van der Waals surface area contributed by atoms with Gasteiger partial charge in [0.2, 0.25) is 0 Å². The highest BCUT2D eigenvalue weighted by molar-refractivity contribution is 7.80. The van der Waals surface area contributed by atoms with Crippen LogP contribution in [0.25, 0.3) is 0 Å². The standard InChI is InChI=1S/C14H28OS/c1-3-9-14(12-16,10-4-2)11-15-13-7-5-6-8-13/h13,16H,3-12H2,1-2H3. The van der Waals surface area contributed by atoms with Crippen LogP contribution >= 0.6 is 12.6 Å². The van der Waals surface area contributed by atoms with Crippen molar-refractivity contribution >= 4 is 12.6 Å². The van der Waals surface area contributed by atoms with E-state index in [4.69, 9.17) is 4.74 Å². The van der Waals surface area contributed by atoms with Crippen molar-refractivity contribution in [2.75, 3.05) is 12.4 Å². The minimum absolute atomic E-state index is 0.342. The van der Waals surface area contributed by atoms with Crippen molar-refractivity contribution in [2.45, 2.75) is 71.3 Å². The van der Waals surface area contributed by atoms with E-state index in [-0.39, 0.29) is 0 Å². The molecule has 0 unspecified atom stereocenters. The molecule has 0 aromatic heterocycles. The van der Waals surface area contributed by atoms with E-state index in [1.807, 2.05) is 0 Å². The van der Waals surface area contributed by atoms with Crippen molar-refractivity contribution in [1.82, 2.24) is 0 Å². The Labute approximate surface area is 107 Å². The van der Waals surface area contributed by atoms with Crippen LogP contribution in [0.15, 0.2) is 0 Å². The third kappa shape index (κ3) is 4.29. The maximum atomic E-state index is 6.12. The molecule has 1 aliphatic rings. The van der Waals surface area contributed by atoms with Crippen LogP contribution in [0.5, 0.6) is 0 Å². The summed E-state index contributed by atoms with van der Waals surface area (Å²) in [6, 6.07) is 0. The zero-order valence-electron chi connectivity index (χ0n) is 11.0. The molecule has 0 spiro atoms. The molecule has 1 fully saturated rings. The molecule has 0 amide bonds. The Morgan fingerprint density at radius 1 is 1.12 bits per heavy atom. The zero-order chi connectivity index (χ0) is 11.9. The molecular weight excluding hydrogens is 216 g/mol. The molecule has 1 nitrogen and oxygen atoms in total. The smallest absolute Gasteiger partial charge is 0.0575 e. The first-order valence-electron chi connectivity index (χ1n) is 6.99. The van der Waals surface area contributed by atoms with Crippen LogP contribution in [0.1, 0.15) is 65.2 Å². The number of rotatable bonds is 8. The molecule has 16 heavy (non-hydrogen) atoms. The largest absolute Gasteiger partial charge is 0.378 e. The van der Waals surface area contributed by atoms with Crippen LogP contribution < -0.4 is 0 Å². The number of ether oxygens (including phenoxy) is 1. The van der Waals surface area contributed by atoms with Crippen LogP contribution in [-0.2, 0) is 4.74 Å². The van der Waals surface area contributed by atoms with Gasteiger partial charge in [0, 0.05) is 5.41 Å². The molecule has 0 aromatic rings. The summed E-state index contributed by atoms with van der Waals surface area (Å²) in [6.45, 7) is 5.47. The molecule has 0 aromatic carbocycles. The van der Waals surface area contributed by atoms with Crippen LogP contribution in [0.2, 0.25) is 0 Å². The van der Waals surface area contributed by atoms with Gasteiger partial charge in [-0.2, -0.15) is 12.6 Å². The lowest BCUT2D eigenvalue weighted by Crippen LogP contribution is -2.31. The minimum Gasteiger partial charge on any atom is -0.378 e. The summed E-state index contributed by atoms with van der Waals surface area (Å²) in [6.07, 6.45) is 10.8. The lowest BCUT2D eigenvalue weighted by atomic mass is 9.82. The van der Waals surface area contributed by atoms with Crippen molar-refractivity contribution in [3.63, 3.8) is 0 Å². The minimum atomic E-state index is 0.342. The molecule has 1 rings (SSSR count). The first kappa shape index (κ1) is 14.4. The molecule has 2 heteroatoms. The van der Waals surface area contributed by atoms with E-state index in [1.165, 1.54) is 51.4 Å². The maximum Gasteiger partial charge on any atom is 0.0575 e. The fraction of sp³-hybridized carbons (Fsp3) is 1.00. The first-order chi connectivity index (χ1) is 7.76. The third-order valence-corrected chi connectivity index (χ3v) is 4.49. The molecule has 96 valence electrons. The molecule has 0 heterocycles. The van der Waals surface area contributed by atoms with E-state index in [9.17, 15) is 0 Å². The van der Waals surface area contributed by atoms with Gasteiger partial charge in [0.15, 0.2) is 0 Å².